The highest BCUT2D eigenvalue weighted by Crippen LogP contribution is 2.24. The maximum absolute atomic E-state index is 13.7. The molecule has 1 heterocycles. The zero-order valence-electron chi connectivity index (χ0n) is 12.9. The van der Waals surface area contributed by atoms with Gasteiger partial charge in [-0.25, -0.2) is 4.39 Å². The van der Waals surface area contributed by atoms with Crippen LogP contribution in [0.4, 0.5) is 4.39 Å². The molecule has 0 amide bonds. The molecule has 0 saturated carbocycles. The molecule has 0 radical (unpaired) electrons. The number of alkyl halides is 1. The van der Waals surface area contributed by atoms with Gasteiger partial charge in [0, 0.05) is 12.6 Å². The van der Waals surface area contributed by atoms with E-state index in [-0.39, 0.29) is 6.04 Å². The molecule has 0 spiro atoms. The van der Waals surface area contributed by atoms with Crippen LogP contribution in [0.2, 0.25) is 0 Å². The summed E-state index contributed by atoms with van der Waals surface area (Å²) in [6.07, 6.45) is 1.73. The van der Waals surface area contributed by atoms with Gasteiger partial charge in [-0.05, 0) is 33.2 Å². The van der Waals surface area contributed by atoms with Gasteiger partial charge in [-0.3, -0.25) is 0 Å². The lowest BCUT2D eigenvalue weighted by atomic mass is 9.99. The van der Waals surface area contributed by atoms with E-state index in [1.807, 2.05) is 27.7 Å². The van der Waals surface area contributed by atoms with E-state index in [9.17, 15) is 4.39 Å². The van der Waals surface area contributed by atoms with Crippen molar-refractivity contribution in [2.45, 2.75) is 79.1 Å². The third kappa shape index (κ3) is 7.72. The quantitative estimate of drug-likeness (QED) is 0.795. The average molecular weight is 248 g/mol. The summed E-state index contributed by atoms with van der Waals surface area (Å²) in [5, 5.41) is 6.52. The zero-order valence-corrected chi connectivity index (χ0v) is 12.9. The second-order valence-electron chi connectivity index (χ2n) is 4.25. The second kappa shape index (κ2) is 11.0. The van der Waals surface area contributed by atoms with E-state index >= 15 is 0 Å². The predicted molar refractivity (Wildman–Crippen MR) is 76.4 cm³/mol. The van der Waals surface area contributed by atoms with Gasteiger partial charge in [-0.1, -0.05) is 34.6 Å². The average Bonchev–Trinajstić information content (AvgIpc) is 2.70. The van der Waals surface area contributed by atoms with E-state index in [4.69, 9.17) is 0 Å². The number of nitrogens with one attached hydrogen (secondary N) is 2. The van der Waals surface area contributed by atoms with Crippen LogP contribution in [0.3, 0.4) is 0 Å². The van der Waals surface area contributed by atoms with Gasteiger partial charge in [0.15, 0.2) is 0 Å². The largest absolute Gasteiger partial charge is 0.313 e. The van der Waals surface area contributed by atoms with Crippen LogP contribution >= 0.6 is 0 Å². The van der Waals surface area contributed by atoms with Crippen molar-refractivity contribution in [3.8, 4) is 0 Å². The summed E-state index contributed by atoms with van der Waals surface area (Å²) in [5.74, 6) is 0. The van der Waals surface area contributed by atoms with E-state index in [2.05, 4.69) is 24.5 Å². The van der Waals surface area contributed by atoms with Crippen LogP contribution in [0.5, 0.6) is 0 Å². The molecule has 1 rings (SSSR count). The van der Waals surface area contributed by atoms with Gasteiger partial charge in [0.2, 0.25) is 0 Å². The van der Waals surface area contributed by atoms with Gasteiger partial charge >= 0.3 is 0 Å². The zero-order chi connectivity index (χ0) is 13.9. The lowest BCUT2D eigenvalue weighted by molar-refractivity contribution is 0.163. The van der Waals surface area contributed by atoms with Gasteiger partial charge in [0.05, 0.1) is 6.04 Å². The lowest BCUT2D eigenvalue weighted by Crippen LogP contribution is -2.46. The van der Waals surface area contributed by atoms with Crippen molar-refractivity contribution in [3.05, 3.63) is 0 Å². The normalized spacial score (nSPS) is 28.6. The van der Waals surface area contributed by atoms with Crippen LogP contribution < -0.4 is 10.6 Å². The van der Waals surface area contributed by atoms with Gasteiger partial charge in [0.25, 0.3) is 0 Å². The van der Waals surface area contributed by atoms with Crippen molar-refractivity contribution >= 4 is 0 Å². The van der Waals surface area contributed by atoms with Crippen LogP contribution in [-0.2, 0) is 0 Å². The fourth-order valence-corrected chi connectivity index (χ4v) is 1.63. The Morgan fingerprint density at radius 2 is 1.88 bits per heavy atom. The minimum absolute atomic E-state index is 0.0125. The molecule has 1 aliphatic heterocycles. The Morgan fingerprint density at radius 1 is 1.35 bits per heavy atom. The van der Waals surface area contributed by atoms with Gasteiger partial charge < -0.3 is 10.6 Å². The molecule has 0 aliphatic carbocycles. The number of hydrogen-bond donors (Lipinski definition) is 2. The second-order valence-corrected chi connectivity index (χ2v) is 4.25. The van der Waals surface area contributed by atoms with E-state index < -0.39 is 5.67 Å². The molecular weight excluding hydrogens is 215 g/mol. The highest BCUT2D eigenvalue weighted by atomic mass is 19.1. The first kappa shape index (κ1) is 19.2. The molecule has 17 heavy (non-hydrogen) atoms. The summed E-state index contributed by atoms with van der Waals surface area (Å²) in [6.45, 7) is 15.5. The third-order valence-corrected chi connectivity index (χ3v) is 3.01. The van der Waals surface area contributed by atoms with E-state index in [1.54, 1.807) is 6.92 Å². The summed E-state index contributed by atoms with van der Waals surface area (Å²) in [6, 6.07) is 0.472. The van der Waals surface area contributed by atoms with Crippen LogP contribution in [0.1, 0.15) is 61.3 Å². The van der Waals surface area contributed by atoms with Crippen LogP contribution in [0, 0.1) is 0 Å². The lowest BCUT2D eigenvalue weighted by Gasteiger charge is -2.24. The fraction of sp³-hybridized carbons (Fsp3) is 1.00. The van der Waals surface area contributed by atoms with Gasteiger partial charge in [-0.15, -0.1) is 0 Å². The molecular formula is C14H33FN2. The Kier molecular flexibility index (Phi) is 12.4. The number of rotatable bonds is 4. The Hall–Kier alpha value is -0.150. The number of hydrogen-bond acceptors (Lipinski definition) is 2. The molecule has 0 bridgehead atoms. The van der Waals surface area contributed by atoms with Crippen LogP contribution in [0.25, 0.3) is 0 Å². The molecule has 3 heteroatoms. The molecule has 1 fully saturated rings. The minimum Gasteiger partial charge on any atom is -0.313 e. The summed E-state index contributed by atoms with van der Waals surface area (Å²) < 4.78 is 13.7. The molecule has 2 nitrogen and oxygen atoms in total. The minimum atomic E-state index is -1.03. The Balaban J connectivity index is 0. The SMILES string of the molecule is CC.CC.CCC(C)NCC1NCCC1(C)F. The van der Waals surface area contributed by atoms with Crippen molar-refractivity contribution in [1.29, 1.82) is 0 Å². The first-order chi connectivity index (χ1) is 8.06. The van der Waals surface area contributed by atoms with Crippen molar-refractivity contribution in [2.24, 2.45) is 0 Å². The Bertz CT molecular complexity index is 160. The summed E-state index contributed by atoms with van der Waals surface area (Å²) in [4.78, 5) is 0. The molecule has 0 aromatic rings. The van der Waals surface area contributed by atoms with Gasteiger partial charge in [-0.2, -0.15) is 0 Å². The molecule has 0 aromatic heterocycles. The van der Waals surface area contributed by atoms with Crippen LogP contribution in [-0.4, -0.2) is 30.8 Å². The predicted octanol–water partition coefficient (Wildman–Crippen LogP) is 3.52. The van der Waals surface area contributed by atoms with Gasteiger partial charge in [0.1, 0.15) is 5.67 Å². The summed E-state index contributed by atoms with van der Waals surface area (Å²) in [5.41, 5.74) is -1.03. The molecule has 0 aromatic carbocycles. The maximum Gasteiger partial charge on any atom is 0.125 e. The van der Waals surface area contributed by atoms with Crippen LogP contribution in [0.15, 0.2) is 0 Å². The van der Waals surface area contributed by atoms with Crippen molar-refractivity contribution in [1.82, 2.24) is 10.6 Å². The summed E-state index contributed by atoms with van der Waals surface area (Å²) >= 11 is 0. The van der Waals surface area contributed by atoms with Crippen molar-refractivity contribution in [3.63, 3.8) is 0 Å². The van der Waals surface area contributed by atoms with Crippen molar-refractivity contribution < 1.29 is 4.39 Å². The van der Waals surface area contributed by atoms with E-state index in [1.165, 1.54) is 0 Å². The first-order valence-corrected chi connectivity index (χ1v) is 7.22. The topological polar surface area (TPSA) is 24.1 Å². The molecule has 2 N–H and O–H groups in total. The molecule has 106 valence electrons. The fourth-order valence-electron chi connectivity index (χ4n) is 1.63. The maximum atomic E-state index is 13.7. The third-order valence-electron chi connectivity index (χ3n) is 3.01. The van der Waals surface area contributed by atoms with E-state index in [0.717, 1.165) is 19.5 Å². The molecule has 1 saturated heterocycles. The highest BCUT2D eigenvalue weighted by Gasteiger charge is 2.38. The highest BCUT2D eigenvalue weighted by molar-refractivity contribution is 4.96. The first-order valence-electron chi connectivity index (χ1n) is 7.22. The Morgan fingerprint density at radius 3 is 2.24 bits per heavy atom. The smallest absolute Gasteiger partial charge is 0.125 e. The molecule has 3 unspecified atom stereocenters. The van der Waals surface area contributed by atoms with E-state index in [0.29, 0.717) is 12.5 Å². The molecule has 1 aliphatic rings. The summed E-state index contributed by atoms with van der Waals surface area (Å²) in [7, 11) is 0. The monoisotopic (exact) mass is 248 g/mol. The number of halogens is 1. The standard InChI is InChI=1S/C10H21FN2.2C2H6/c1-4-8(2)13-7-9-10(3,11)5-6-12-9;2*1-2/h8-9,12-13H,4-7H2,1-3H3;2*1-2H3. The Labute approximate surface area is 108 Å². The van der Waals surface area contributed by atoms with Crippen molar-refractivity contribution in [2.75, 3.05) is 13.1 Å². The molecule has 3 atom stereocenters.